The third kappa shape index (κ3) is 4.20. The lowest BCUT2D eigenvalue weighted by Gasteiger charge is -2.30. The summed E-state index contributed by atoms with van der Waals surface area (Å²) in [6.07, 6.45) is 3.85. The molecule has 1 aliphatic rings. The molecule has 0 bridgehead atoms. The van der Waals surface area contributed by atoms with Crippen LogP contribution in [0.1, 0.15) is 40.6 Å². The Morgan fingerprint density at radius 1 is 1.23 bits per heavy atom. The number of pyridine rings is 1. The van der Waals surface area contributed by atoms with Gasteiger partial charge in [0, 0.05) is 18.8 Å². The molecule has 1 unspecified atom stereocenters. The van der Waals surface area contributed by atoms with Gasteiger partial charge in [0.05, 0.1) is 24.6 Å². The number of aromatic nitrogens is 1. The van der Waals surface area contributed by atoms with Crippen molar-refractivity contribution in [2.45, 2.75) is 19.8 Å². The minimum atomic E-state index is -0.386. The van der Waals surface area contributed by atoms with Gasteiger partial charge in [-0.2, -0.15) is 0 Å². The average Bonchev–Trinajstić information content (AvgIpc) is 2.67. The fourth-order valence-electron chi connectivity index (χ4n) is 3.14. The molecule has 0 radical (unpaired) electrons. The van der Waals surface area contributed by atoms with E-state index >= 15 is 0 Å². The minimum Gasteiger partial charge on any atom is -0.465 e. The maximum absolute atomic E-state index is 12.6. The van der Waals surface area contributed by atoms with Crippen LogP contribution >= 0.6 is 0 Å². The van der Waals surface area contributed by atoms with Gasteiger partial charge in [-0.15, -0.1) is 0 Å². The van der Waals surface area contributed by atoms with Crippen molar-refractivity contribution in [2.75, 3.05) is 25.5 Å². The fraction of sp³-hybridized carbons (Fsp3) is 0.350. The van der Waals surface area contributed by atoms with Crippen molar-refractivity contribution in [3.8, 4) is 0 Å². The molecule has 1 atom stereocenters. The molecule has 136 valence electrons. The highest BCUT2D eigenvalue weighted by molar-refractivity contribution is 5.93. The van der Waals surface area contributed by atoms with Crippen molar-refractivity contribution in [1.29, 1.82) is 0 Å². The molecular formula is C20H23N3O3. The number of hydrogen-bond acceptors (Lipinski definition) is 5. The first-order chi connectivity index (χ1) is 12.6. The number of carbonyl (C=O) groups is 2. The maximum atomic E-state index is 12.6. The molecule has 0 aliphatic carbocycles. The van der Waals surface area contributed by atoms with Crippen LogP contribution in [0.5, 0.6) is 0 Å². The number of amides is 1. The van der Waals surface area contributed by atoms with Crippen molar-refractivity contribution in [3.05, 3.63) is 53.9 Å². The summed E-state index contributed by atoms with van der Waals surface area (Å²) in [4.78, 5) is 30.3. The zero-order chi connectivity index (χ0) is 18.5. The summed E-state index contributed by atoms with van der Waals surface area (Å²) in [5.74, 6) is 0.134. The van der Waals surface area contributed by atoms with Crippen LogP contribution in [0.3, 0.4) is 0 Å². The molecule has 6 heteroatoms. The van der Waals surface area contributed by atoms with Gasteiger partial charge < -0.3 is 15.0 Å². The van der Waals surface area contributed by atoms with Crippen LogP contribution in [0, 0.1) is 5.92 Å². The number of piperidine rings is 1. The lowest BCUT2D eigenvalue weighted by molar-refractivity contribution is 0.0600. The third-order valence-electron chi connectivity index (χ3n) is 4.50. The van der Waals surface area contributed by atoms with Gasteiger partial charge in [0.15, 0.2) is 0 Å². The second kappa shape index (κ2) is 7.99. The number of carbonyl (C=O) groups excluding carboxylic acids is 2. The van der Waals surface area contributed by atoms with Crippen LogP contribution in [-0.2, 0) is 4.74 Å². The molecule has 0 saturated carbocycles. The molecule has 6 nitrogen and oxygen atoms in total. The highest BCUT2D eigenvalue weighted by atomic mass is 16.5. The Morgan fingerprint density at radius 3 is 2.77 bits per heavy atom. The van der Waals surface area contributed by atoms with Gasteiger partial charge in [0.1, 0.15) is 5.69 Å². The normalized spacial score (nSPS) is 16.8. The summed E-state index contributed by atoms with van der Waals surface area (Å²) >= 11 is 0. The van der Waals surface area contributed by atoms with E-state index in [1.165, 1.54) is 13.5 Å². The van der Waals surface area contributed by atoms with Gasteiger partial charge in [-0.25, -0.2) is 9.78 Å². The van der Waals surface area contributed by atoms with Gasteiger partial charge in [-0.05, 0) is 49.1 Å². The third-order valence-corrected chi connectivity index (χ3v) is 4.50. The van der Waals surface area contributed by atoms with Crippen molar-refractivity contribution >= 4 is 23.3 Å². The lowest BCUT2D eigenvalue weighted by Crippen LogP contribution is -2.39. The Kier molecular flexibility index (Phi) is 5.51. The summed E-state index contributed by atoms with van der Waals surface area (Å²) in [5, 5.41) is 3.18. The predicted molar refractivity (Wildman–Crippen MR) is 99.6 cm³/mol. The molecule has 1 amide bonds. The number of nitrogens with zero attached hydrogens (tertiary/aromatic N) is 2. The molecule has 26 heavy (non-hydrogen) atoms. The zero-order valence-corrected chi connectivity index (χ0v) is 15.1. The van der Waals surface area contributed by atoms with Crippen LogP contribution in [0.15, 0.2) is 42.6 Å². The van der Waals surface area contributed by atoms with Crippen LogP contribution in [0.2, 0.25) is 0 Å². The molecule has 1 aromatic carbocycles. The van der Waals surface area contributed by atoms with Gasteiger partial charge in [0.2, 0.25) is 0 Å². The second-order valence-corrected chi connectivity index (χ2v) is 6.63. The standard InChI is InChI=1S/C20H23N3O3/c1-14-5-4-10-23(13-14)19(24)18-9-8-17(12-21-18)22-16-7-3-6-15(11-16)20(25)26-2/h3,6-9,11-12,14,22H,4-5,10,13H2,1-2H3. The molecule has 1 N–H and O–H groups in total. The summed E-state index contributed by atoms with van der Waals surface area (Å²) < 4.78 is 4.73. The van der Waals surface area contributed by atoms with Crippen LogP contribution < -0.4 is 5.32 Å². The van der Waals surface area contributed by atoms with Crippen molar-refractivity contribution in [3.63, 3.8) is 0 Å². The summed E-state index contributed by atoms with van der Waals surface area (Å²) in [5.41, 5.74) is 2.42. The van der Waals surface area contributed by atoms with Crippen molar-refractivity contribution < 1.29 is 14.3 Å². The number of methoxy groups -OCH3 is 1. The van der Waals surface area contributed by atoms with Crippen LogP contribution in [0.4, 0.5) is 11.4 Å². The Morgan fingerprint density at radius 2 is 2.08 bits per heavy atom. The summed E-state index contributed by atoms with van der Waals surface area (Å²) in [6, 6.07) is 10.6. The molecule has 1 fully saturated rings. The number of nitrogens with one attached hydrogen (secondary N) is 1. The molecule has 0 spiro atoms. The molecule has 2 aromatic rings. The van der Waals surface area contributed by atoms with Gasteiger partial charge in [-0.1, -0.05) is 13.0 Å². The average molecular weight is 353 g/mol. The maximum Gasteiger partial charge on any atom is 0.337 e. The van der Waals surface area contributed by atoms with Crippen molar-refractivity contribution in [2.24, 2.45) is 5.92 Å². The Bertz CT molecular complexity index is 789. The minimum absolute atomic E-state index is 0.0178. The summed E-state index contributed by atoms with van der Waals surface area (Å²) in [6.45, 7) is 3.76. The van der Waals surface area contributed by atoms with Gasteiger partial charge >= 0.3 is 5.97 Å². The van der Waals surface area contributed by atoms with E-state index in [-0.39, 0.29) is 11.9 Å². The first kappa shape index (κ1) is 17.9. The number of hydrogen-bond donors (Lipinski definition) is 1. The lowest BCUT2D eigenvalue weighted by atomic mass is 10.00. The summed E-state index contributed by atoms with van der Waals surface area (Å²) in [7, 11) is 1.35. The topological polar surface area (TPSA) is 71.5 Å². The van der Waals surface area contributed by atoms with E-state index in [0.717, 1.165) is 30.9 Å². The molecular weight excluding hydrogens is 330 g/mol. The SMILES string of the molecule is COC(=O)c1cccc(Nc2ccc(C(=O)N3CCCC(C)C3)nc2)c1. The van der Waals surface area contributed by atoms with E-state index in [0.29, 0.717) is 17.2 Å². The monoisotopic (exact) mass is 353 g/mol. The Balaban J connectivity index is 1.68. The molecule has 1 saturated heterocycles. The zero-order valence-electron chi connectivity index (χ0n) is 15.1. The molecule has 3 rings (SSSR count). The van der Waals surface area contributed by atoms with E-state index in [9.17, 15) is 9.59 Å². The second-order valence-electron chi connectivity index (χ2n) is 6.63. The van der Waals surface area contributed by atoms with E-state index in [2.05, 4.69) is 17.2 Å². The van der Waals surface area contributed by atoms with Crippen LogP contribution in [0.25, 0.3) is 0 Å². The smallest absolute Gasteiger partial charge is 0.337 e. The number of rotatable bonds is 4. The quantitative estimate of drug-likeness (QED) is 0.852. The highest BCUT2D eigenvalue weighted by Gasteiger charge is 2.22. The van der Waals surface area contributed by atoms with Crippen molar-refractivity contribution in [1.82, 2.24) is 9.88 Å². The van der Waals surface area contributed by atoms with E-state index in [1.807, 2.05) is 17.0 Å². The van der Waals surface area contributed by atoms with E-state index < -0.39 is 0 Å². The first-order valence-corrected chi connectivity index (χ1v) is 8.77. The van der Waals surface area contributed by atoms with Crippen LogP contribution in [-0.4, -0.2) is 42.0 Å². The Labute approximate surface area is 153 Å². The van der Waals surface area contributed by atoms with E-state index in [4.69, 9.17) is 4.74 Å². The Hall–Kier alpha value is -2.89. The molecule has 2 heterocycles. The fourth-order valence-corrected chi connectivity index (χ4v) is 3.14. The van der Waals surface area contributed by atoms with Gasteiger partial charge in [0.25, 0.3) is 5.91 Å². The van der Waals surface area contributed by atoms with Gasteiger partial charge in [-0.3, -0.25) is 4.79 Å². The highest BCUT2D eigenvalue weighted by Crippen LogP contribution is 2.20. The number of anilines is 2. The number of likely N-dealkylation sites (tertiary alicyclic amines) is 1. The predicted octanol–water partition coefficient (Wildman–Crippen LogP) is 3.48. The first-order valence-electron chi connectivity index (χ1n) is 8.77. The largest absolute Gasteiger partial charge is 0.465 e. The number of benzene rings is 1. The molecule has 1 aromatic heterocycles. The molecule has 1 aliphatic heterocycles. The number of ether oxygens (including phenoxy) is 1. The number of esters is 1. The van der Waals surface area contributed by atoms with E-state index in [1.54, 1.807) is 30.5 Å².